The van der Waals surface area contributed by atoms with Crippen LogP contribution in [0.5, 0.6) is 0 Å². The highest BCUT2D eigenvalue weighted by Gasteiger charge is 2.25. The van der Waals surface area contributed by atoms with E-state index in [4.69, 9.17) is 5.26 Å². The van der Waals surface area contributed by atoms with E-state index in [1.54, 1.807) is 0 Å². The van der Waals surface area contributed by atoms with E-state index in [0.29, 0.717) is 12.0 Å². The van der Waals surface area contributed by atoms with Crippen molar-refractivity contribution in [3.63, 3.8) is 0 Å². The van der Waals surface area contributed by atoms with E-state index in [1.165, 1.54) is 64.0 Å². The van der Waals surface area contributed by atoms with E-state index in [1.807, 2.05) is 12.1 Å². The number of nitrogens with one attached hydrogen (secondary N) is 1. The second-order valence-corrected chi connectivity index (χ2v) is 7.40. The minimum Gasteiger partial charge on any atom is -0.314 e. The first-order valence-corrected chi connectivity index (χ1v) is 9.39. The third kappa shape index (κ3) is 4.80. The van der Waals surface area contributed by atoms with Gasteiger partial charge < -0.3 is 15.1 Å². The number of likely N-dealkylation sites (N-methyl/N-ethyl adjacent to an activating group) is 1. The van der Waals surface area contributed by atoms with Gasteiger partial charge in [0, 0.05) is 32.2 Å². The Morgan fingerprint density at radius 3 is 2.83 bits per heavy atom. The monoisotopic (exact) mass is 326 g/mol. The Balaban J connectivity index is 1.35. The molecule has 1 saturated heterocycles. The topological polar surface area (TPSA) is 42.3 Å². The molecule has 2 fully saturated rings. The molecular weight excluding hydrogens is 296 g/mol. The van der Waals surface area contributed by atoms with E-state index in [9.17, 15) is 0 Å². The fraction of sp³-hybridized carbons (Fsp3) is 0.650. The molecule has 3 rings (SSSR count). The van der Waals surface area contributed by atoms with Crippen molar-refractivity contribution in [1.29, 1.82) is 5.26 Å². The van der Waals surface area contributed by atoms with Crippen LogP contribution in [-0.4, -0.2) is 62.2 Å². The molecule has 1 aromatic rings. The molecule has 0 bridgehead atoms. The normalized spacial score (nSPS) is 25.7. The van der Waals surface area contributed by atoms with Crippen LogP contribution in [0.3, 0.4) is 0 Å². The quantitative estimate of drug-likeness (QED) is 0.815. The van der Waals surface area contributed by atoms with Gasteiger partial charge in [-0.15, -0.1) is 0 Å². The van der Waals surface area contributed by atoms with Gasteiger partial charge in [0.1, 0.15) is 0 Å². The smallest absolute Gasteiger partial charge is 0.0991 e. The first-order valence-electron chi connectivity index (χ1n) is 9.39. The molecule has 2 atom stereocenters. The van der Waals surface area contributed by atoms with Crippen molar-refractivity contribution in [3.8, 4) is 6.07 Å². The summed E-state index contributed by atoms with van der Waals surface area (Å²) < 4.78 is 0. The molecule has 0 radical (unpaired) electrons. The van der Waals surface area contributed by atoms with Crippen LogP contribution in [0.2, 0.25) is 0 Å². The Kier molecular flexibility index (Phi) is 6.25. The summed E-state index contributed by atoms with van der Waals surface area (Å²) in [5.74, 6) is 0.619. The van der Waals surface area contributed by atoms with Gasteiger partial charge in [0.25, 0.3) is 0 Å². The molecule has 4 heteroatoms. The molecule has 4 nitrogen and oxygen atoms in total. The molecule has 0 spiro atoms. The summed E-state index contributed by atoms with van der Waals surface area (Å²) in [6, 6.07) is 11.1. The van der Waals surface area contributed by atoms with Crippen LogP contribution in [-0.2, 0) is 0 Å². The largest absolute Gasteiger partial charge is 0.314 e. The third-order valence-electron chi connectivity index (χ3n) is 5.60. The number of benzene rings is 1. The van der Waals surface area contributed by atoms with Crippen molar-refractivity contribution in [3.05, 3.63) is 35.4 Å². The Morgan fingerprint density at radius 1 is 1.21 bits per heavy atom. The summed E-state index contributed by atoms with van der Waals surface area (Å²) in [5, 5.41) is 12.8. The van der Waals surface area contributed by atoms with E-state index in [2.05, 4.69) is 40.4 Å². The number of piperazine rings is 1. The molecule has 1 aliphatic carbocycles. The van der Waals surface area contributed by atoms with Crippen LogP contribution in [0, 0.1) is 11.3 Å². The van der Waals surface area contributed by atoms with Crippen molar-refractivity contribution in [2.75, 3.05) is 46.3 Å². The van der Waals surface area contributed by atoms with Crippen LogP contribution in [0.15, 0.2) is 24.3 Å². The van der Waals surface area contributed by atoms with E-state index < -0.39 is 0 Å². The van der Waals surface area contributed by atoms with Crippen LogP contribution in [0.25, 0.3) is 0 Å². The van der Waals surface area contributed by atoms with E-state index in [-0.39, 0.29) is 0 Å². The highest BCUT2D eigenvalue weighted by Crippen LogP contribution is 2.34. The first kappa shape index (κ1) is 17.4. The van der Waals surface area contributed by atoms with E-state index >= 15 is 0 Å². The summed E-state index contributed by atoms with van der Waals surface area (Å²) in [6.45, 7) is 7.20. The lowest BCUT2D eigenvalue weighted by Crippen LogP contribution is -2.45. The molecular formula is C20H30N4. The van der Waals surface area contributed by atoms with Gasteiger partial charge in [-0.25, -0.2) is 0 Å². The second kappa shape index (κ2) is 8.62. The Bertz CT molecular complexity index is 557. The maximum absolute atomic E-state index is 9.05. The molecule has 130 valence electrons. The minimum atomic E-state index is 0.619. The first-order chi connectivity index (χ1) is 11.7. The van der Waals surface area contributed by atoms with Gasteiger partial charge >= 0.3 is 0 Å². The zero-order valence-corrected chi connectivity index (χ0v) is 14.9. The number of hydrogen-bond donors (Lipinski definition) is 1. The fourth-order valence-corrected chi connectivity index (χ4v) is 4.01. The van der Waals surface area contributed by atoms with Crippen molar-refractivity contribution in [2.24, 2.45) is 0 Å². The molecule has 1 heterocycles. The summed E-state index contributed by atoms with van der Waals surface area (Å²) in [5.41, 5.74) is 2.13. The van der Waals surface area contributed by atoms with Gasteiger partial charge in [0.2, 0.25) is 0 Å². The van der Waals surface area contributed by atoms with Crippen LogP contribution in [0.4, 0.5) is 0 Å². The summed E-state index contributed by atoms with van der Waals surface area (Å²) >= 11 is 0. The van der Waals surface area contributed by atoms with Crippen LogP contribution in [0.1, 0.15) is 42.7 Å². The lowest BCUT2D eigenvalue weighted by molar-refractivity contribution is 0.152. The number of nitrogens with zero attached hydrogens (tertiary/aromatic N) is 3. The molecule has 2 aliphatic rings. The van der Waals surface area contributed by atoms with Crippen molar-refractivity contribution >= 4 is 0 Å². The SMILES string of the molecule is CN1CCN(CCCN[C@H]2CC[C@@H](c3cccc(C#N)c3)C2)CC1. The molecule has 0 aromatic heterocycles. The summed E-state index contributed by atoms with van der Waals surface area (Å²) in [4.78, 5) is 5.00. The third-order valence-corrected chi connectivity index (χ3v) is 5.60. The number of rotatable bonds is 6. The highest BCUT2D eigenvalue weighted by molar-refractivity contribution is 5.34. The van der Waals surface area contributed by atoms with Gasteiger partial charge in [-0.1, -0.05) is 12.1 Å². The second-order valence-electron chi connectivity index (χ2n) is 7.40. The maximum atomic E-state index is 9.05. The molecule has 24 heavy (non-hydrogen) atoms. The van der Waals surface area contributed by atoms with Gasteiger partial charge in [0.15, 0.2) is 0 Å². The molecule has 1 N–H and O–H groups in total. The highest BCUT2D eigenvalue weighted by atomic mass is 15.2. The maximum Gasteiger partial charge on any atom is 0.0991 e. The number of nitriles is 1. The van der Waals surface area contributed by atoms with Gasteiger partial charge in [-0.2, -0.15) is 5.26 Å². The standard InChI is InChI=1S/C20H30N4/c1-23-10-12-24(13-11-23)9-3-8-22-20-7-6-19(15-20)18-5-2-4-17(14-18)16-21/h2,4-5,14,19-20,22H,3,6-13,15H2,1H3/t19-,20+/m1/s1. The van der Waals surface area contributed by atoms with E-state index in [0.717, 1.165) is 12.1 Å². The lowest BCUT2D eigenvalue weighted by Gasteiger charge is -2.32. The zero-order valence-electron chi connectivity index (χ0n) is 14.9. The van der Waals surface area contributed by atoms with Crippen molar-refractivity contribution in [2.45, 2.75) is 37.6 Å². The molecule has 0 amide bonds. The van der Waals surface area contributed by atoms with Gasteiger partial charge in [0.05, 0.1) is 11.6 Å². The zero-order chi connectivity index (χ0) is 16.8. The van der Waals surface area contributed by atoms with Gasteiger partial charge in [-0.3, -0.25) is 0 Å². The molecule has 1 aromatic carbocycles. The van der Waals surface area contributed by atoms with Crippen molar-refractivity contribution < 1.29 is 0 Å². The molecule has 1 saturated carbocycles. The van der Waals surface area contributed by atoms with Crippen molar-refractivity contribution in [1.82, 2.24) is 15.1 Å². The van der Waals surface area contributed by atoms with Crippen LogP contribution >= 0.6 is 0 Å². The Hall–Kier alpha value is -1.41. The van der Waals surface area contributed by atoms with Gasteiger partial charge in [-0.05, 0) is 69.4 Å². The predicted molar refractivity (Wildman–Crippen MR) is 98.1 cm³/mol. The fourth-order valence-electron chi connectivity index (χ4n) is 4.01. The number of hydrogen-bond acceptors (Lipinski definition) is 4. The summed E-state index contributed by atoms with van der Waals surface area (Å²) in [7, 11) is 2.21. The summed E-state index contributed by atoms with van der Waals surface area (Å²) in [6.07, 6.45) is 4.96. The Labute approximate surface area is 146 Å². The lowest BCUT2D eigenvalue weighted by atomic mass is 9.96. The molecule has 0 unspecified atom stereocenters. The predicted octanol–water partition coefficient (Wildman–Crippen LogP) is 2.42. The minimum absolute atomic E-state index is 0.619. The average molecular weight is 326 g/mol. The average Bonchev–Trinajstić information content (AvgIpc) is 3.09. The van der Waals surface area contributed by atoms with Crippen LogP contribution < -0.4 is 5.32 Å². The molecule has 1 aliphatic heterocycles. The Morgan fingerprint density at radius 2 is 2.04 bits per heavy atom.